The molecule has 0 spiro atoms. The van der Waals surface area contributed by atoms with Gasteiger partial charge >= 0.3 is 0 Å². The van der Waals surface area contributed by atoms with Crippen molar-refractivity contribution in [2.45, 2.75) is 20.3 Å². The van der Waals surface area contributed by atoms with E-state index in [1.807, 2.05) is 42.8 Å². The maximum atomic E-state index is 12.0. The van der Waals surface area contributed by atoms with Crippen LogP contribution in [0.5, 0.6) is 0 Å². The van der Waals surface area contributed by atoms with Crippen LogP contribution in [0.25, 0.3) is 10.2 Å². The van der Waals surface area contributed by atoms with E-state index < -0.39 is 0 Å². The summed E-state index contributed by atoms with van der Waals surface area (Å²) in [4.78, 5) is 12.8. The Kier molecular flexibility index (Phi) is 3.81. The Hall–Kier alpha value is -2.41. The molecule has 0 aliphatic carbocycles. The number of para-hydroxylation sites is 1. The van der Waals surface area contributed by atoms with Gasteiger partial charge in [-0.25, -0.2) is 5.43 Å². The second-order valence-corrected chi connectivity index (χ2v) is 6.05. The molecule has 0 bridgehead atoms. The first-order valence-electron chi connectivity index (χ1n) is 6.85. The third-order valence-corrected chi connectivity index (χ3v) is 4.62. The van der Waals surface area contributed by atoms with E-state index in [1.165, 1.54) is 11.3 Å². The molecule has 0 aliphatic heterocycles. The van der Waals surface area contributed by atoms with Gasteiger partial charge in [0.15, 0.2) is 0 Å². The van der Waals surface area contributed by atoms with E-state index in [1.54, 1.807) is 6.92 Å². The van der Waals surface area contributed by atoms with Crippen LogP contribution in [0, 0.1) is 13.8 Å². The van der Waals surface area contributed by atoms with Gasteiger partial charge in [0.05, 0.1) is 22.3 Å². The van der Waals surface area contributed by atoms with Crippen LogP contribution < -0.4 is 10.2 Å². The molecule has 1 aromatic carbocycles. The highest BCUT2D eigenvalue weighted by Crippen LogP contribution is 2.15. The van der Waals surface area contributed by atoms with E-state index in [-0.39, 0.29) is 12.3 Å². The van der Waals surface area contributed by atoms with E-state index in [0.29, 0.717) is 5.76 Å². The molecule has 2 heterocycles. The lowest BCUT2D eigenvalue weighted by atomic mass is 10.1. The number of hydrogen-bond donors (Lipinski definition) is 1. The quantitative estimate of drug-likeness (QED) is 0.751. The van der Waals surface area contributed by atoms with E-state index in [0.717, 1.165) is 26.3 Å². The Balaban J connectivity index is 1.81. The zero-order valence-electron chi connectivity index (χ0n) is 12.6. The van der Waals surface area contributed by atoms with E-state index >= 15 is 0 Å². The normalized spacial score (nSPS) is 12.0. The molecule has 22 heavy (non-hydrogen) atoms. The van der Waals surface area contributed by atoms with Crippen molar-refractivity contribution in [3.05, 3.63) is 46.1 Å². The van der Waals surface area contributed by atoms with E-state index in [9.17, 15) is 4.79 Å². The number of nitrogens with one attached hydrogen (secondary N) is 1. The van der Waals surface area contributed by atoms with E-state index in [4.69, 9.17) is 4.52 Å². The Morgan fingerprint density at radius 3 is 2.86 bits per heavy atom. The van der Waals surface area contributed by atoms with Crippen LogP contribution in [0.2, 0.25) is 0 Å². The molecule has 2 aromatic heterocycles. The lowest BCUT2D eigenvalue weighted by Crippen LogP contribution is -2.24. The number of carbonyl (C=O) groups is 1. The van der Waals surface area contributed by atoms with Crippen molar-refractivity contribution >= 4 is 27.5 Å². The van der Waals surface area contributed by atoms with Crippen molar-refractivity contribution in [2.75, 3.05) is 0 Å². The van der Waals surface area contributed by atoms with Gasteiger partial charge in [-0.2, -0.15) is 0 Å². The third-order valence-electron chi connectivity index (χ3n) is 3.51. The molecular formula is C15H16N4O2S. The van der Waals surface area contributed by atoms with Crippen molar-refractivity contribution in [2.24, 2.45) is 12.1 Å². The Bertz CT molecular complexity index is 884. The van der Waals surface area contributed by atoms with Crippen LogP contribution in [0.4, 0.5) is 0 Å². The van der Waals surface area contributed by atoms with Crippen LogP contribution in [0.15, 0.2) is 33.9 Å². The number of benzene rings is 1. The Morgan fingerprint density at radius 1 is 1.41 bits per heavy atom. The lowest BCUT2D eigenvalue weighted by Gasteiger charge is -1.99. The largest absolute Gasteiger partial charge is 0.361 e. The van der Waals surface area contributed by atoms with Crippen LogP contribution in [0.1, 0.15) is 17.0 Å². The molecule has 6 nitrogen and oxygen atoms in total. The summed E-state index contributed by atoms with van der Waals surface area (Å²) in [6.07, 6.45) is 0.208. The molecule has 0 saturated carbocycles. The third kappa shape index (κ3) is 2.67. The second-order valence-electron chi connectivity index (χ2n) is 5.04. The minimum atomic E-state index is -0.188. The molecule has 0 saturated heterocycles. The van der Waals surface area contributed by atoms with Gasteiger partial charge in [0.2, 0.25) is 10.7 Å². The summed E-state index contributed by atoms with van der Waals surface area (Å²) in [5.74, 6) is 0.479. The fraction of sp³-hybridized carbons (Fsp3) is 0.267. The van der Waals surface area contributed by atoms with Gasteiger partial charge in [0.25, 0.3) is 0 Å². The number of fused-ring (bicyclic) bond motifs is 1. The van der Waals surface area contributed by atoms with Gasteiger partial charge in [0.1, 0.15) is 5.76 Å². The SMILES string of the molecule is Cc1noc(C)c1CC(=O)N/N=c1\sc2ccccc2n1C. The molecule has 1 amide bonds. The van der Waals surface area contributed by atoms with Crippen LogP contribution in [-0.4, -0.2) is 15.6 Å². The Morgan fingerprint density at radius 2 is 2.18 bits per heavy atom. The number of thiazole rings is 1. The summed E-state index contributed by atoms with van der Waals surface area (Å²) in [6, 6.07) is 8.02. The highest BCUT2D eigenvalue weighted by atomic mass is 32.1. The van der Waals surface area contributed by atoms with Gasteiger partial charge in [-0.1, -0.05) is 28.6 Å². The molecule has 3 rings (SSSR count). The standard InChI is InChI=1S/C15H16N4O2S/c1-9-11(10(2)21-18-9)8-14(20)16-17-15-19(3)12-6-4-5-7-13(12)22-15/h4-7H,8H2,1-3H3,(H,16,20)/b17-15-. The van der Waals surface area contributed by atoms with E-state index in [2.05, 4.69) is 15.7 Å². The topological polar surface area (TPSA) is 72.4 Å². The second kappa shape index (κ2) is 5.76. The number of aromatic nitrogens is 2. The molecule has 0 aliphatic rings. The fourth-order valence-electron chi connectivity index (χ4n) is 2.25. The van der Waals surface area contributed by atoms with Gasteiger partial charge in [0, 0.05) is 12.6 Å². The van der Waals surface area contributed by atoms with Crippen LogP contribution in [-0.2, 0) is 18.3 Å². The summed E-state index contributed by atoms with van der Waals surface area (Å²) >= 11 is 1.53. The number of amides is 1. The monoisotopic (exact) mass is 316 g/mol. The van der Waals surface area contributed by atoms with Crippen LogP contribution in [0.3, 0.4) is 0 Å². The van der Waals surface area contributed by atoms with Crippen molar-refractivity contribution in [1.29, 1.82) is 0 Å². The number of aryl methyl sites for hydroxylation is 3. The first kappa shape index (κ1) is 14.5. The van der Waals surface area contributed by atoms with Gasteiger partial charge in [-0.3, -0.25) is 4.79 Å². The van der Waals surface area contributed by atoms with Crippen molar-refractivity contribution in [3.63, 3.8) is 0 Å². The first-order chi connectivity index (χ1) is 10.6. The summed E-state index contributed by atoms with van der Waals surface area (Å²) < 4.78 is 8.14. The molecule has 3 aromatic rings. The number of nitrogens with zero attached hydrogens (tertiary/aromatic N) is 3. The fourth-order valence-corrected chi connectivity index (χ4v) is 3.23. The summed E-state index contributed by atoms with van der Waals surface area (Å²) in [5, 5.41) is 8.06. The summed E-state index contributed by atoms with van der Waals surface area (Å²) in [6.45, 7) is 3.62. The van der Waals surface area contributed by atoms with Crippen molar-refractivity contribution in [3.8, 4) is 0 Å². The molecule has 0 unspecified atom stereocenters. The molecule has 0 radical (unpaired) electrons. The zero-order chi connectivity index (χ0) is 15.7. The Labute approximate surface area is 131 Å². The maximum absolute atomic E-state index is 12.0. The number of carbonyl (C=O) groups excluding carboxylic acids is 1. The molecule has 0 fully saturated rings. The van der Waals surface area contributed by atoms with Gasteiger partial charge in [-0.15, -0.1) is 5.10 Å². The molecule has 7 heteroatoms. The molecule has 1 N–H and O–H groups in total. The van der Waals surface area contributed by atoms with Crippen molar-refractivity contribution in [1.82, 2.24) is 15.1 Å². The number of hydrogen-bond acceptors (Lipinski definition) is 5. The molecular weight excluding hydrogens is 300 g/mol. The summed E-state index contributed by atoms with van der Waals surface area (Å²) in [7, 11) is 1.93. The van der Waals surface area contributed by atoms with Crippen LogP contribution >= 0.6 is 11.3 Å². The smallest absolute Gasteiger partial charge is 0.244 e. The highest BCUT2D eigenvalue weighted by Gasteiger charge is 2.13. The zero-order valence-corrected chi connectivity index (χ0v) is 13.4. The predicted octanol–water partition coefficient (Wildman–Crippen LogP) is 2.02. The average Bonchev–Trinajstić information content (AvgIpc) is 3.00. The highest BCUT2D eigenvalue weighted by molar-refractivity contribution is 7.16. The maximum Gasteiger partial charge on any atom is 0.244 e. The first-order valence-corrected chi connectivity index (χ1v) is 7.67. The van der Waals surface area contributed by atoms with Crippen molar-refractivity contribution < 1.29 is 9.32 Å². The molecule has 114 valence electrons. The van der Waals surface area contributed by atoms with Gasteiger partial charge < -0.3 is 9.09 Å². The average molecular weight is 316 g/mol. The minimum absolute atomic E-state index is 0.188. The molecule has 0 atom stereocenters. The summed E-state index contributed by atoms with van der Waals surface area (Å²) in [5.41, 5.74) is 5.24. The lowest BCUT2D eigenvalue weighted by molar-refractivity contribution is -0.120. The minimum Gasteiger partial charge on any atom is -0.361 e. The predicted molar refractivity (Wildman–Crippen MR) is 84.2 cm³/mol. The number of rotatable bonds is 3. The van der Waals surface area contributed by atoms with Gasteiger partial charge in [-0.05, 0) is 26.0 Å².